The van der Waals surface area contributed by atoms with Crippen LogP contribution >= 0.6 is 0 Å². The van der Waals surface area contributed by atoms with Crippen LogP contribution in [0.2, 0.25) is 0 Å². The van der Waals surface area contributed by atoms with Crippen LogP contribution in [0.15, 0.2) is 0 Å². The minimum absolute atomic E-state index is 0.475. The zero-order valence-electron chi connectivity index (χ0n) is 15.0. The molecular weight excluding hydrogens is 256 g/mol. The molecule has 0 aromatic heterocycles. The Hall–Kier alpha value is -0.0400. The summed E-state index contributed by atoms with van der Waals surface area (Å²) in [5, 5.41) is 0. The fourth-order valence-electron chi connectivity index (χ4n) is 2.96. The molecular formula is C20H41O. The van der Waals surface area contributed by atoms with Crippen molar-refractivity contribution in [2.45, 2.75) is 116 Å². The summed E-state index contributed by atoms with van der Waals surface area (Å²) in [6.45, 7) is 9.01. The van der Waals surface area contributed by atoms with Gasteiger partial charge >= 0.3 is 0 Å². The van der Waals surface area contributed by atoms with Crippen molar-refractivity contribution in [1.29, 1.82) is 0 Å². The molecule has 0 amide bonds. The largest absolute Gasteiger partial charge is 0.378 e. The van der Waals surface area contributed by atoms with Gasteiger partial charge in [0.15, 0.2) is 0 Å². The van der Waals surface area contributed by atoms with Crippen molar-refractivity contribution in [2.24, 2.45) is 0 Å². The van der Waals surface area contributed by atoms with Gasteiger partial charge < -0.3 is 4.74 Å². The Kier molecular flexibility index (Phi) is 18.0. The third-order valence-corrected chi connectivity index (χ3v) is 4.36. The van der Waals surface area contributed by atoms with Crippen LogP contribution in [0.1, 0.15) is 110 Å². The van der Waals surface area contributed by atoms with Gasteiger partial charge in [-0.15, -0.1) is 0 Å². The lowest BCUT2D eigenvalue weighted by Gasteiger charge is -2.16. The molecule has 1 radical (unpaired) electrons. The van der Waals surface area contributed by atoms with E-state index in [1.807, 2.05) is 0 Å². The highest BCUT2D eigenvalue weighted by atomic mass is 16.5. The number of hydrogen-bond acceptors (Lipinski definition) is 1. The molecule has 1 atom stereocenters. The van der Waals surface area contributed by atoms with Gasteiger partial charge in [0.2, 0.25) is 0 Å². The monoisotopic (exact) mass is 297 g/mol. The molecule has 0 saturated heterocycles. The average molecular weight is 298 g/mol. The Morgan fingerprint density at radius 2 is 1.00 bits per heavy atom. The molecule has 0 bridgehead atoms. The molecule has 0 N–H and O–H groups in total. The zero-order chi connectivity index (χ0) is 15.6. The predicted octanol–water partition coefficient (Wildman–Crippen LogP) is 7.10. The molecule has 0 heterocycles. The lowest BCUT2D eigenvalue weighted by atomic mass is 10.0. The summed E-state index contributed by atoms with van der Waals surface area (Å²) < 4.78 is 5.76. The van der Waals surface area contributed by atoms with Gasteiger partial charge in [-0.2, -0.15) is 0 Å². The first-order chi connectivity index (χ1) is 10.3. The summed E-state index contributed by atoms with van der Waals surface area (Å²) in [6, 6.07) is 0. The molecule has 0 saturated carbocycles. The molecule has 0 aromatic rings. The fraction of sp³-hybridized carbons (Fsp3) is 0.950. The van der Waals surface area contributed by atoms with Crippen molar-refractivity contribution in [1.82, 2.24) is 0 Å². The van der Waals surface area contributed by atoms with E-state index in [0.29, 0.717) is 12.7 Å². The summed E-state index contributed by atoms with van der Waals surface area (Å²) >= 11 is 0. The Bertz CT molecular complexity index is 179. The van der Waals surface area contributed by atoms with Crippen LogP contribution < -0.4 is 0 Å². The smallest absolute Gasteiger partial charge is 0.0575 e. The van der Waals surface area contributed by atoms with Gasteiger partial charge in [-0.25, -0.2) is 0 Å². The first kappa shape index (κ1) is 21.0. The van der Waals surface area contributed by atoms with Gasteiger partial charge in [0.25, 0.3) is 0 Å². The number of ether oxygens (including phenoxy) is 1. The minimum atomic E-state index is 0.475. The number of hydrogen-bond donors (Lipinski definition) is 0. The van der Waals surface area contributed by atoms with Crippen LogP contribution in [-0.4, -0.2) is 12.7 Å². The van der Waals surface area contributed by atoms with E-state index in [2.05, 4.69) is 20.8 Å². The summed E-state index contributed by atoms with van der Waals surface area (Å²) in [6.07, 6.45) is 21.1. The third kappa shape index (κ3) is 16.2. The van der Waals surface area contributed by atoms with Gasteiger partial charge in [-0.1, -0.05) is 97.3 Å². The Morgan fingerprint density at radius 1 is 0.619 bits per heavy atom. The highest BCUT2D eigenvalue weighted by Crippen LogP contribution is 2.16. The van der Waals surface area contributed by atoms with Crippen molar-refractivity contribution >= 4 is 0 Å². The number of rotatable bonds is 17. The summed E-state index contributed by atoms with van der Waals surface area (Å²) in [4.78, 5) is 0. The Morgan fingerprint density at radius 3 is 1.48 bits per heavy atom. The maximum absolute atomic E-state index is 5.76. The van der Waals surface area contributed by atoms with E-state index in [0.717, 1.165) is 0 Å². The van der Waals surface area contributed by atoms with Crippen LogP contribution in [0, 0.1) is 6.92 Å². The summed E-state index contributed by atoms with van der Waals surface area (Å²) in [5.74, 6) is 0. The lowest BCUT2D eigenvalue weighted by molar-refractivity contribution is 0.0564. The predicted molar refractivity (Wildman–Crippen MR) is 95.7 cm³/mol. The van der Waals surface area contributed by atoms with Crippen LogP contribution in [0.3, 0.4) is 0 Å². The first-order valence-corrected chi connectivity index (χ1v) is 9.76. The Balaban J connectivity index is 3.32. The molecule has 0 aliphatic carbocycles. The van der Waals surface area contributed by atoms with E-state index >= 15 is 0 Å². The Labute approximate surface area is 135 Å². The van der Waals surface area contributed by atoms with Crippen LogP contribution in [-0.2, 0) is 4.74 Å². The van der Waals surface area contributed by atoms with E-state index in [-0.39, 0.29) is 0 Å². The van der Waals surface area contributed by atoms with E-state index < -0.39 is 0 Å². The fourth-order valence-corrected chi connectivity index (χ4v) is 2.96. The minimum Gasteiger partial charge on any atom is -0.378 e. The third-order valence-electron chi connectivity index (χ3n) is 4.36. The van der Waals surface area contributed by atoms with Crippen LogP contribution in [0.25, 0.3) is 0 Å². The zero-order valence-corrected chi connectivity index (χ0v) is 15.0. The van der Waals surface area contributed by atoms with E-state index in [9.17, 15) is 0 Å². The standard InChI is InChI=1S/C20H41O/c1-4-7-9-10-11-12-13-14-15-17-19-20(21-6-3)18-16-8-5-2/h20H,3-19H2,1-2H3. The lowest BCUT2D eigenvalue weighted by Crippen LogP contribution is -2.12. The normalized spacial score (nSPS) is 12.7. The molecule has 0 aromatic carbocycles. The van der Waals surface area contributed by atoms with Crippen molar-refractivity contribution in [3.05, 3.63) is 6.92 Å². The molecule has 21 heavy (non-hydrogen) atoms. The maximum atomic E-state index is 5.76. The molecule has 0 aliphatic rings. The second-order valence-electron chi connectivity index (χ2n) is 6.46. The van der Waals surface area contributed by atoms with Gasteiger partial charge in [-0.3, -0.25) is 0 Å². The van der Waals surface area contributed by atoms with Crippen molar-refractivity contribution in [2.75, 3.05) is 6.61 Å². The second-order valence-corrected chi connectivity index (χ2v) is 6.46. The van der Waals surface area contributed by atoms with Crippen molar-refractivity contribution in [3.63, 3.8) is 0 Å². The first-order valence-electron chi connectivity index (χ1n) is 9.76. The average Bonchev–Trinajstić information content (AvgIpc) is 2.49. The molecule has 0 rings (SSSR count). The SMILES string of the molecule is [CH2]COC(CCCCC)CCCCCCCCCCCC. The molecule has 1 heteroatoms. The molecule has 0 fully saturated rings. The second kappa shape index (κ2) is 18.0. The van der Waals surface area contributed by atoms with E-state index in [1.165, 1.54) is 96.3 Å². The van der Waals surface area contributed by atoms with Crippen molar-refractivity contribution in [3.8, 4) is 0 Å². The molecule has 0 aliphatic heterocycles. The van der Waals surface area contributed by atoms with E-state index in [4.69, 9.17) is 4.74 Å². The van der Waals surface area contributed by atoms with Gasteiger partial charge in [-0.05, 0) is 19.8 Å². The highest BCUT2D eigenvalue weighted by molar-refractivity contribution is 4.60. The quantitative estimate of drug-likeness (QED) is 0.260. The topological polar surface area (TPSA) is 9.23 Å². The van der Waals surface area contributed by atoms with Crippen LogP contribution in [0.5, 0.6) is 0 Å². The highest BCUT2D eigenvalue weighted by Gasteiger charge is 2.07. The maximum Gasteiger partial charge on any atom is 0.0575 e. The van der Waals surface area contributed by atoms with Gasteiger partial charge in [0, 0.05) is 6.61 Å². The summed E-state index contributed by atoms with van der Waals surface area (Å²) in [7, 11) is 0. The van der Waals surface area contributed by atoms with Crippen molar-refractivity contribution < 1.29 is 4.74 Å². The van der Waals surface area contributed by atoms with Gasteiger partial charge in [0.05, 0.1) is 6.10 Å². The van der Waals surface area contributed by atoms with Gasteiger partial charge in [0.1, 0.15) is 0 Å². The summed E-state index contributed by atoms with van der Waals surface area (Å²) in [5.41, 5.74) is 0. The molecule has 1 unspecified atom stereocenters. The van der Waals surface area contributed by atoms with E-state index in [1.54, 1.807) is 0 Å². The molecule has 1 nitrogen and oxygen atoms in total. The van der Waals surface area contributed by atoms with Crippen LogP contribution in [0.4, 0.5) is 0 Å². The molecule has 127 valence electrons. The molecule has 0 spiro atoms. The number of unbranched alkanes of at least 4 members (excludes halogenated alkanes) is 11.